The minimum atomic E-state index is -0.437. The molecule has 110 valence electrons. The second-order valence-electron chi connectivity index (χ2n) is 5.69. The van der Waals surface area contributed by atoms with Gasteiger partial charge in [-0.05, 0) is 6.54 Å². The first-order chi connectivity index (χ1) is 8.88. The van der Waals surface area contributed by atoms with Crippen LogP contribution in [0.5, 0.6) is 0 Å². The standard InChI is InChI=1S/C13H25N3O2S/c1-5-14-6-7-15-11(17)10-8-19-9-16(10)12(18)13(2,3)4/h10,14H,5-9H2,1-4H3,(H,15,17). The van der Waals surface area contributed by atoms with Crippen molar-refractivity contribution in [1.82, 2.24) is 15.5 Å². The maximum absolute atomic E-state index is 12.3. The summed E-state index contributed by atoms with van der Waals surface area (Å²) in [7, 11) is 0. The number of carbonyl (C=O) groups is 2. The molecule has 1 rings (SSSR count). The van der Waals surface area contributed by atoms with Gasteiger partial charge in [0.25, 0.3) is 0 Å². The van der Waals surface area contributed by atoms with Gasteiger partial charge in [-0.1, -0.05) is 27.7 Å². The van der Waals surface area contributed by atoms with E-state index in [2.05, 4.69) is 10.6 Å². The van der Waals surface area contributed by atoms with Crippen molar-refractivity contribution < 1.29 is 9.59 Å². The van der Waals surface area contributed by atoms with Crippen LogP contribution in [0.3, 0.4) is 0 Å². The molecule has 1 fully saturated rings. The monoisotopic (exact) mass is 287 g/mol. The predicted octanol–water partition coefficient (Wildman–Crippen LogP) is 0.660. The summed E-state index contributed by atoms with van der Waals surface area (Å²) in [5, 5.41) is 6.04. The number of rotatable bonds is 5. The van der Waals surface area contributed by atoms with Crippen molar-refractivity contribution >= 4 is 23.6 Å². The van der Waals surface area contributed by atoms with Gasteiger partial charge in [-0.25, -0.2) is 0 Å². The Bertz CT molecular complexity index is 328. The van der Waals surface area contributed by atoms with Crippen LogP contribution in [0.25, 0.3) is 0 Å². The summed E-state index contributed by atoms with van der Waals surface area (Å²) < 4.78 is 0. The minimum Gasteiger partial charge on any atom is -0.353 e. The second-order valence-corrected chi connectivity index (χ2v) is 6.68. The molecule has 2 amide bonds. The maximum Gasteiger partial charge on any atom is 0.243 e. The van der Waals surface area contributed by atoms with Crippen LogP contribution in [0.15, 0.2) is 0 Å². The summed E-state index contributed by atoms with van der Waals surface area (Å²) in [4.78, 5) is 26.1. The topological polar surface area (TPSA) is 61.4 Å². The first-order valence-electron chi connectivity index (χ1n) is 6.75. The van der Waals surface area contributed by atoms with E-state index in [4.69, 9.17) is 0 Å². The van der Waals surface area contributed by atoms with E-state index in [1.807, 2.05) is 27.7 Å². The fraction of sp³-hybridized carbons (Fsp3) is 0.846. The zero-order chi connectivity index (χ0) is 14.5. The number of nitrogens with one attached hydrogen (secondary N) is 2. The zero-order valence-corrected chi connectivity index (χ0v) is 13.1. The third-order valence-electron chi connectivity index (χ3n) is 2.94. The van der Waals surface area contributed by atoms with E-state index < -0.39 is 5.41 Å². The quantitative estimate of drug-likeness (QED) is 0.729. The Hall–Kier alpha value is -0.750. The molecule has 0 aromatic carbocycles. The fourth-order valence-electron chi connectivity index (χ4n) is 1.86. The van der Waals surface area contributed by atoms with Crippen molar-refractivity contribution in [2.75, 3.05) is 31.3 Å². The molecule has 19 heavy (non-hydrogen) atoms. The molecule has 6 heteroatoms. The highest BCUT2D eigenvalue weighted by Gasteiger charge is 2.38. The van der Waals surface area contributed by atoms with E-state index in [-0.39, 0.29) is 17.9 Å². The van der Waals surface area contributed by atoms with Crippen LogP contribution in [0.4, 0.5) is 0 Å². The van der Waals surface area contributed by atoms with Gasteiger partial charge >= 0.3 is 0 Å². The summed E-state index contributed by atoms with van der Waals surface area (Å²) in [6, 6.07) is -0.321. The van der Waals surface area contributed by atoms with Gasteiger partial charge in [0.05, 0.1) is 5.88 Å². The molecule has 0 saturated carbocycles. The number of amides is 2. The largest absolute Gasteiger partial charge is 0.353 e. The number of likely N-dealkylation sites (N-methyl/N-ethyl adjacent to an activating group) is 1. The maximum atomic E-state index is 12.3. The summed E-state index contributed by atoms with van der Waals surface area (Å²) in [5.74, 6) is 1.31. The third kappa shape index (κ3) is 4.69. The van der Waals surface area contributed by atoms with Gasteiger partial charge in [-0.2, -0.15) is 0 Å². The summed E-state index contributed by atoms with van der Waals surface area (Å²) >= 11 is 1.64. The number of hydrogen-bond donors (Lipinski definition) is 2. The Morgan fingerprint density at radius 2 is 2.00 bits per heavy atom. The Morgan fingerprint density at radius 1 is 1.32 bits per heavy atom. The number of thioether (sulfide) groups is 1. The van der Waals surface area contributed by atoms with Crippen molar-refractivity contribution in [1.29, 1.82) is 0 Å². The molecule has 1 atom stereocenters. The Kier molecular flexibility index (Phi) is 6.13. The van der Waals surface area contributed by atoms with Crippen molar-refractivity contribution in [3.8, 4) is 0 Å². The van der Waals surface area contributed by atoms with Crippen LogP contribution in [-0.4, -0.2) is 54.0 Å². The predicted molar refractivity (Wildman–Crippen MR) is 79.0 cm³/mol. The number of nitrogens with zero attached hydrogens (tertiary/aromatic N) is 1. The lowest BCUT2D eigenvalue weighted by molar-refractivity contribution is -0.144. The molecule has 1 saturated heterocycles. The molecular weight excluding hydrogens is 262 g/mol. The van der Waals surface area contributed by atoms with Crippen LogP contribution >= 0.6 is 11.8 Å². The normalized spacial score (nSPS) is 19.6. The van der Waals surface area contributed by atoms with Gasteiger partial charge in [0.15, 0.2) is 0 Å². The third-order valence-corrected chi connectivity index (χ3v) is 3.95. The molecular formula is C13H25N3O2S. The molecule has 2 N–H and O–H groups in total. The average molecular weight is 287 g/mol. The van der Waals surface area contributed by atoms with Gasteiger partial charge in [0, 0.05) is 24.3 Å². The molecule has 0 bridgehead atoms. The molecule has 0 aromatic rings. The van der Waals surface area contributed by atoms with E-state index in [0.29, 0.717) is 18.2 Å². The molecule has 0 spiro atoms. The van der Waals surface area contributed by atoms with E-state index in [9.17, 15) is 9.59 Å². The molecule has 0 aromatic heterocycles. The molecule has 1 unspecified atom stereocenters. The molecule has 0 radical (unpaired) electrons. The number of hydrogen-bond acceptors (Lipinski definition) is 4. The number of carbonyl (C=O) groups excluding carboxylic acids is 2. The van der Waals surface area contributed by atoms with Crippen molar-refractivity contribution in [3.05, 3.63) is 0 Å². The average Bonchev–Trinajstić information content (AvgIpc) is 2.81. The SMILES string of the molecule is CCNCCNC(=O)C1CSCN1C(=O)C(C)(C)C. The first kappa shape index (κ1) is 16.3. The van der Waals surface area contributed by atoms with Gasteiger partial charge in [0.1, 0.15) is 6.04 Å². The lowest BCUT2D eigenvalue weighted by Gasteiger charge is -2.29. The van der Waals surface area contributed by atoms with E-state index in [0.717, 1.165) is 13.1 Å². The highest BCUT2D eigenvalue weighted by atomic mass is 32.2. The van der Waals surface area contributed by atoms with Crippen LogP contribution in [0.2, 0.25) is 0 Å². The van der Waals surface area contributed by atoms with E-state index >= 15 is 0 Å². The van der Waals surface area contributed by atoms with E-state index in [1.54, 1.807) is 16.7 Å². The van der Waals surface area contributed by atoms with Crippen molar-refractivity contribution in [2.24, 2.45) is 5.41 Å². The fourth-order valence-corrected chi connectivity index (χ4v) is 3.01. The minimum absolute atomic E-state index is 0.0412. The first-order valence-corrected chi connectivity index (χ1v) is 7.90. The van der Waals surface area contributed by atoms with Crippen LogP contribution in [0.1, 0.15) is 27.7 Å². The summed E-state index contributed by atoms with van der Waals surface area (Å²) in [6.45, 7) is 9.94. The second kappa shape index (κ2) is 7.14. The Labute approximate surface area is 119 Å². The summed E-state index contributed by atoms with van der Waals surface area (Å²) in [6.07, 6.45) is 0. The zero-order valence-electron chi connectivity index (χ0n) is 12.3. The van der Waals surface area contributed by atoms with E-state index in [1.165, 1.54) is 0 Å². The van der Waals surface area contributed by atoms with Crippen molar-refractivity contribution in [2.45, 2.75) is 33.7 Å². The Morgan fingerprint density at radius 3 is 2.58 bits per heavy atom. The smallest absolute Gasteiger partial charge is 0.243 e. The van der Waals surface area contributed by atoms with Crippen molar-refractivity contribution in [3.63, 3.8) is 0 Å². The van der Waals surface area contributed by atoms with Gasteiger partial charge in [-0.3, -0.25) is 9.59 Å². The highest BCUT2D eigenvalue weighted by molar-refractivity contribution is 7.99. The Balaban J connectivity index is 2.51. The molecule has 0 aliphatic carbocycles. The lowest BCUT2D eigenvalue weighted by Crippen LogP contribution is -2.51. The molecule has 1 aliphatic heterocycles. The van der Waals surface area contributed by atoms with Gasteiger partial charge in [-0.15, -0.1) is 11.8 Å². The van der Waals surface area contributed by atoms with Crippen LogP contribution in [0, 0.1) is 5.41 Å². The highest BCUT2D eigenvalue weighted by Crippen LogP contribution is 2.27. The van der Waals surface area contributed by atoms with Crippen LogP contribution in [-0.2, 0) is 9.59 Å². The molecule has 5 nitrogen and oxygen atoms in total. The van der Waals surface area contributed by atoms with Gasteiger partial charge < -0.3 is 15.5 Å². The molecule has 1 aliphatic rings. The lowest BCUT2D eigenvalue weighted by atomic mass is 9.94. The van der Waals surface area contributed by atoms with Crippen LogP contribution < -0.4 is 10.6 Å². The van der Waals surface area contributed by atoms with Gasteiger partial charge in [0.2, 0.25) is 11.8 Å². The molecule has 1 heterocycles. The summed E-state index contributed by atoms with van der Waals surface area (Å²) in [5.41, 5.74) is -0.437.